The quantitative estimate of drug-likeness (QED) is 0.659. The fourth-order valence-corrected chi connectivity index (χ4v) is 3.32. The van der Waals surface area contributed by atoms with Crippen LogP contribution in [0.3, 0.4) is 0 Å². The Hall–Kier alpha value is -2.05. The Balaban J connectivity index is 2.34. The summed E-state index contributed by atoms with van der Waals surface area (Å²) in [7, 11) is -1.15. The van der Waals surface area contributed by atoms with Gasteiger partial charge in [-0.3, -0.25) is 4.90 Å². The number of fused-ring (bicyclic) bond motifs is 2. The second-order valence-electron chi connectivity index (χ2n) is 3.67. The van der Waals surface area contributed by atoms with Gasteiger partial charge in [-0.05, 0) is 24.3 Å². The maximum absolute atomic E-state index is 12.4. The van der Waals surface area contributed by atoms with Gasteiger partial charge in [-0.1, -0.05) is 30.7 Å². The van der Waals surface area contributed by atoms with E-state index in [1.54, 1.807) is 4.90 Å². The highest BCUT2D eigenvalue weighted by Gasteiger charge is 2.26. The molecule has 0 radical (unpaired) electrons. The van der Waals surface area contributed by atoms with Crippen LogP contribution in [0.4, 0.5) is 11.4 Å². The van der Waals surface area contributed by atoms with Gasteiger partial charge in [-0.25, -0.2) is 4.21 Å². The van der Waals surface area contributed by atoms with E-state index in [1.807, 2.05) is 48.5 Å². The molecule has 0 saturated heterocycles. The number of hydrogen-bond donors (Lipinski definition) is 0. The number of para-hydroxylation sites is 2. The third-order valence-corrected chi connectivity index (χ3v) is 4.23. The van der Waals surface area contributed by atoms with Gasteiger partial charge in [0.15, 0.2) is 0 Å². The van der Waals surface area contributed by atoms with E-state index in [0.29, 0.717) is 0 Å². The molecule has 2 aromatic carbocycles. The Morgan fingerprint density at radius 3 is 1.88 bits per heavy atom. The fourth-order valence-electron chi connectivity index (χ4n) is 1.98. The molecule has 0 fully saturated rings. The summed E-state index contributed by atoms with van der Waals surface area (Å²) < 4.78 is 12.4. The lowest BCUT2D eigenvalue weighted by Crippen LogP contribution is -2.18. The molecule has 0 N–H and O–H groups in total. The Morgan fingerprint density at radius 2 is 1.41 bits per heavy atom. The molecule has 2 aromatic rings. The molecule has 0 aromatic heterocycles. The molecule has 0 atom stereocenters. The molecular formula is C14H9NOS. The van der Waals surface area contributed by atoms with Crippen molar-refractivity contribution in [3.05, 3.63) is 48.5 Å². The molecule has 0 unspecified atom stereocenters. The first-order chi connectivity index (χ1) is 8.33. The van der Waals surface area contributed by atoms with Crippen molar-refractivity contribution in [1.82, 2.24) is 0 Å². The summed E-state index contributed by atoms with van der Waals surface area (Å²) in [5.41, 5.74) is 1.65. The molecule has 3 heteroatoms. The third kappa shape index (κ3) is 1.38. The minimum atomic E-state index is -1.15. The molecule has 0 bridgehead atoms. The van der Waals surface area contributed by atoms with Gasteiger partial charge in [0.05, 0.1) is 32.0 Å². The monoisotopic (exact) mass is 239 g/mol. The highest BCUT2D eigenvalue weighted by atomic mass is 32.2. The molecule has 3 rings (SSSR count). The summed E-state index contributed by atoms with van der Waals surface area (Å²) in [4.78, 5) is 3.28. The Bertz CT molecular complexity index is 608. The van der Waals surface area contributed by atoms with Gasteiger partial charge >= 0.3 is 0 Å². The van der Waals surface area contributed by atoms with Gasteiger partial charge < -0.3 is 0 Å². The van der Waals surface area contributed by atoms with Gasteiger partial charge in [0.1, 0.15) is 0 Å². The molecule has 0 saturated carbocycles. The van der Waals surface area contributed by atoms with Crippen LogP contribution in [0.2, 0.25) is 0 Å². The molecule has 1 heterocycles. The number of rotatable bonds is 0. The number of nitrogens with zero attached hydrogens (tertiary/aromatic N) is 1. The van der Waals surface area contributed by atoms with Crippen molar-refractivity contribution < 1.29 is 4.21 Å². The second-order valence-corrected chi connectivity index (χ2v) is 5.09. The fraction of sp³-hybridized carbons (Fsp3) is 0. The van der Waals surface area contributed by atoms with Crippen LogP contribution in [0.25, 0.3) is 0 Å². The van der Waals surface area contributed by atoms with Gasteiger partial charge in [0.25, 0.3) is 0 Å². The van der Waals surface area contributed by atoms with Crippen molar-refractivity contribution >= 4 is 22.2 Å². The van der Waals surface area contributed by atoms with Crippen LogP contribution in [0.15, 0.2) is 58.3 Å². The molecule has 1 aliphatic heterocycles. The smallest absolute Gasteiger partial charge is 0.0892 e. The van der Waals surface area contributed by atoms with Crippen molar-refractivity contribution in [3.8, 4) is 12.5 Å². The summed E-state index contributed by atoms with van der Waals surface area (Å²) in [6.07, 6.45) is 5.56. The lowest BCUT2D eigenvalue weighted by atomic mass is 10.2. The Labute approximate surface area is 102 Å². The number of hydrogen-bond acceptors (Lipinski definition) is 2. The predicted octanol–water partition coefficient (Wildman–Crippen LogP) is 2.90. The average Bonchev–Trinajstić information content (AvgIpc) is 2.40. The van der Waals surface area contributed by atoms with Crippen molar-refractivity contribution in [2.24, 2.45) is 0 Å². The maximum Gasteiger partial charge on any atom is 0.0892 e. The molecule has 0 spiro atoms. The first-order valence-corrected chi connectivity index (χ1v) is 6.34. The Morgan fingerprint density at radius 1 is 0.941 bits per heavy atom. The van der Waals surface area contributed by atoms with Crippen LogP contribution in [-0.4, -0.2) is 4.21 Å². The van der Waals surface area contributed by atoms with Crippen molar-refractivity contribution in [1.29, 1.82) is 0 Å². The molecule has 82 valence electrons. The first-order valence-electron chi connectivity index (χ1n) is 5.19. The van der Waals surface area contributed by atoms with E-state index in [4.69, 9.17) is 6.42 Å². The SMILES string of the molecule is C#CN1c2ccccc2S(=O)c2ccccc21. The highest BCUT2D eigenvalue weighted by Crippen LogP contribution is 2.40. The second kappa shape index (κ2) is 3.76. The minimum absolute atomic E-state index is 0.768. The highest BCUT2D eigenvalue weighted by molar-refractivity contribution is 7.85. The van der Waals surface area contributed by atoms with Crippen molar-refractivity contribution in [2.75, 3.05) is 4.90 Å². The number of terminal acetylenes is 1. The van der Waals surface area contributed by atoms with E-state index in [9.17, 15) is 4.21 Å². The summed E-state index contributed by atoms with van der Waals surface area (Å²) in [5, 5.41) is 0. The molecule has 0 amide bonds. The molecular weight excluding hydrogens is 230 g/mol. The molecule has 1 aliphatic rings. The number of benzene rings is 2. The molecule has 17 heavy (non-hydrogen) atoms. The lowest BCUT2D eigenvalue weighted by Gasteiger charge is -2.27. The van der Waals surface area contributed by atoms with Crippen LogP contribution in [0.1, 0.15) is 0 Å². The lowest BCUT2D eigenvalue weighted by molar-refractivity contribution is 0.682. The van der Waals surface area contributed by atoms with E-state index in [-0.39, 0.29) is 0 Å². The topological polar surface area (TPSA) is 20.3 Å². The van der Waals surface area contributed by atoms with Gasteiger partial charge in [0.2, 0.25) is 0 Å². The van der Waals surface area contributed by atoms with Crippen molar-refractivity contribution in [3.63, 3.8) is 0 Å². The minimum Gasteiger partial charge on any atom is -0.268 e. The normalized spacial score (nSPS) is 13.7. The zero-order chi connectivity index (χ0) is 11.8. The van der Waals surface area contributed by atoms with E-state index < -0.39 is 10.8 Å². The van der Waals surface area contributed by atoms with E-state index in [0.717, 1.165) is 21.2 Å². The van der Waals surface area contributed by atoms with Crippen LogP contribution in [-0.2, 0) is 10.8 Å². The van der Waals surface area contributed by atoms with Crippen LogP contribution >= 0.6 is 0 Å². The molecule has 0 aliphatic carbocycles. The van der Waals surface area contributed by atoms with Crippen LogP contribution in [0.5, 0.6) is 0 Å². The van der Waals surface area contributed by atoms with Crippen LogP contribution in [0, 0.1) is 12.5 Å². The third-order valence-electron chi connectivity index (χ3n) is 2.74. The van der Waals surface area contributed by atoms with E-state index in [1.165, 1.54) is 0 Å². The van der Waals surface area contributed by atoms with Gasteiger partial charge in [0, 0.05) is 6.04 Å². The summed E-state index contributed by atoms with van der Waals surface area (Å²) >= 11 is 0. The molecule has 2 nitrogen and oxygen atoms in total. The van der Waals surface area contributed by atoms with Crippen molar-refractivity contribution in [2.45, 2.75) is 9.79 Å². The Kier molecular flexibility index (Phi) is 2.24. The van der Waals surface area contributed by atoms with Crippen LogP contribution < -0.4 is 4.90 Å². The predicted molar refractivity (Wildman–Crippen MR) is 68.5 cm³/mol. The average molecular weight is 239 g/mol. The first kappa shape index (κ1) is 10.1. The standard InChI is InChI=1S/C14H9NOS/c1-2-15-11-7-3-5-9-13(11)17(16)14-10-6-4-8-12(14)15/h1,3-10H. The largest absolute Gasteiger partial charge is 0.268 e. The van der Waals surface area contributed by atoms with Gasteiger partial charge in [-0.15, -0.1) is 0 Å². The zero-order valence-corrected chi connectivity index (χ0v) is 9.78. The van der Waals surface area contributed by atoms with E-state index >= 15 is 0 Å². The summed E-state index contributed by atoms with van der Waals surface area (Å²) in [6, 6.07) is 17.7. The maximum atomic E-state index is 12.4. The van der Waals surface area contributed by atoms with Gasteiger partial charge in [-0.2, -0.15) is 0 Å². The number of anilines is 2. The van der Waals surface area contributed by atoms with E-state index in [2.05, 4.69) is 6.04 Å². The summed E-state index contributed by atoms with van der Waals surface area (Å²) in [5.74, 6) is 0. The summed E-state index contributed by atoms with van der Waals surface area (Å²) in [6.45, 7) is 0. The zero-order valence-electron chi connectivity index (χ0n) is 8.96.